The van der Waals surface area contributed by atoms with Gasteiger partial charge in [-0.05, 0) is 48.6 Å². The van der Waals surface area contributed by atoms with Gasteiger partial charge in [0, 0.05) is 37.2 Å². The number of ether oxygens (including phenoxy) is 1. The molecule has 1 atom stereocenters. The number of likely N-dealkylation sites (N-methyl/N-ethyl adjacent to an activating group) is 1. The van der Waals surface area contributed by atoms with Gasteiger partial charge in [0.1, 0.15) is 18.2 Å². The Balaban J connectivity index is 1.60. The molecule has 1 aromatic heterocycles. The van der Waals surface area contributed by atoms with Crippen molar-refractivity contribution < 1.29 is 37.4 Å². The Morgan fingerprint density at radius 3 is 2.65 bits per heavy atom. The molecule has 0 unspecified atom stereocenters. The quantitative estimate of drug-likeness (QED) is 0.359. The molecule has 3 N–H and O–H groups in total. The Morgan fingerprint density at radius 1 is 1.11 bits per heavy atom. The number of halogens is 3. The van der Waals surface area contributed by atoms with Crippen molar-refractivity contribution in [3.8, 4) is 0 Å². The third kappa shape index (κ3) is 7.82. The van der Waals surface area contributed by atoms with Gasteiger partial charge in [-0.3, -0.25) is 10.1 Å². The van der Waals surface area contributed by atoms with Crippen molar-refractivity contribution in [2.24, 2.45) is 0 Å². The third-order valence-corrected chi connectivity index (χ3v) is 5.58. The minimum absolute atomic E-state index is 0.0532. The number of carbonyl (C=O) groups excluding carboxylic acids is 2. The average Bonchev–Trinajstić information content (AvgIpc) is 2.85. The van der Waals surface area contributed by atoms with Crippen LogP contribution in [0.5, 0.6) is 0 Å². The van der Waals surface area contributed by atoms with Crippen LogP contribution in [0.1, 0.15) is 24.8 Å². The van der Waals surface area contributed by atoms with Gasteiger partial charge >= 0.3 is 18.1 Å². The number of carbonyl (C=O) groups is 3. The highest BCUT2D eigenvalue weighted by Crippen LogP contribution is 2.18. The molecule has 3 aromatic rings. The minimum atomic E-state index is -1.08. The number of amides is 3. The van der Waals surface area contributed by atoms with Crippen LogP contribution in [0.15, 0.2) is 48.7 Å². The number of hydrogen-bond acceptors (Lipinski definition) is 5. The van der Waals surface area contributed by atoms with E-state index in [0.717, 1.165) is 6.07 Å². The molecule has 0 fully saturated rings. The van der Waals surface area contributed by atoms with Crippen LogP contribution in [0.2, 0.25) is 0 Å². The summed E-state index contributed by atoms with van der Waals surface area (Å²) in [7, 11) is 1.41. The second-order valence-electron chi connectivity index (χ2n) is 8.21. The number of pyridine rings is 1. The lowest BCUT2D eigenvalue weighted by Crippen LogP contribution is -2.46. The molecule has 12 heteroatoms. The third-order valence-electron chi connectivity index (χ3n) is 5.58. The van der Waals surface area contributed by atoms with E-state index in [1.54, 1.807) is 6.07 Å². The van der Waals surface area contributed by atoms with Crippen molar-refractivity contribution in [3.63, 3.8) is 0 Å². The Morgan fingerprint density at radius 2 is 1.89 bits per heavy atom. The van der Waals surface area contributed by atoms with Crippen molar-refractivity contribution in [1.29, 1.82) is 0 Å². The molecule has 3 rings (SSSR count). The lowest BCUT2D eigenvalue weighted by atomic mass is 10.1. The largest absolute Gasteiger partial charge is 0.481 e. The average molecular weight is 518 g/mol. The lowest BCUT2D eigenvalue weighted by Gasteiger charge is -2.28. The normalized spacial score (nSPS) is 11.6. The van der Waals surface area contributed by atoms with E-state index in [4.69, 9.17) is 9.84 Å². The highest BCUT2D eigenvalue weighted by molar-refractivity contribution is 5.89. The molecule has 37 heavy (non-hydrogen) atoms. The van der Waals surface area contributed by atoms with E-state index in [-0.39, 0.29) is 43.8 Å². The molecule has 9 nitrogen and oxygen atoms in total. The zero-order valence-corrected chi connectivity index (χ0v) is 19.8. The monoisotopic (exact) mass is 518 g/mol. The summed E-state index contributed by atoms with van der Waals surface area (Å²) in [6.07, 6.45) is 0.787. The van der Waals surface area contributed by atoms with Crippen LogP contribution in [0, 0.1) is 17.5 Å². The number of urea groups is 1. The molecule has 1 heterocycles. The first-order valence-corrected chi connectivity index (χ1v) is 11.3. The fraction of sp³-hybridized carbons (Fsp3) is 0.280. The molecule has 0 aliphatic carbocycles. The standard InChI is InChI=1S/C25H25F3N4O5/c1-32(24(35)30-13-16-4-2-6-20(27)23(16)28)19(5-3-7-22(33)34)14-37-25(36)31-21-11-17-10-18(26)9-8-15(17)12-29-21/h2,4,6,8-12,19H,3,5,7,13-14H2,1H3,(H,30,35)(H,33,34)(H,29,31,36)/t19-/m0/s1. The Labute approximate surface area is 210 Å². The SMILES string of the molecule is CN(C(=O)NCc1cccc(F)c1F)[C@@H](CCCC(=O)O)COC(=O)Nc1cc2cc(F)ccc2cn1. The number of benzene rings is 2. The number of anilines is 1. The van der Waals surface area contributed by atoms with Crippen LogP contribution in [0.4, 0.5) is 28.6 Å². The van der Waals surface area contributed by atoms with E-state index < -0.39 is 41.6 Å². The summed E-state index contributed by atoms with van der Waals surface area (Å²) in [5, 5.41) is 15.0. The molecule has 0 saturated carbocycles. The molecule has 2 aromatic carbocycles. The molecular formula is C25H25F3N4O5. The fourth-order valence-electron chi connectivity index (χ4n) is 3.52. The van der Waals surface area contributed by atoms with Gasteiger partial charge in [0.25, 0.3) is 0 Å². The van der Waals surface area contributed by atoms with Gasteiger partial charge in [0.15, 0.2) is 11.6 Å². The number of hydrogen-bond donors (Lipinski definition) is 3. The first-order chi connectivity index (χ1) is 17.6. The smallest absolute Gasteiger partial charge is 0.412 e. The number of carboxylic acid groups (broad SMARTS) is 1. The number of carboxylic acids is 1. The number of nitrogens with one attached hydrogen (secondary N) is 2. The van der Waals surface area contributed by atoms with E-state index >= 15 is 0 Å². The molecule has 196 valence electrons. The predicted octanol–water partition coefficient (Wildman–Crippen LogP) is 4.67. The van der Waals surface area contributed by atoms with Crippen LogP contribution >= 0.6 is 0 Å². The highest BCUT2D eigenvalue weighted by atomic mass is 19.2. The highest BCUT2D eigenvalue weighted by Gasteiger charge is 2.22. The van der Waals surface area contributed by atoms with Crippen molar-refractivity contribution in [1.82, 2.24) is 15.2 Å². The summed E-state index contributed by atoms with van der Waals surface area (Å²) in [6, 6.07) is 7.80. The number of nitrogens with zero attached hydrogens (tertiary/aromatic N) is 2. The van der Waals surface area contributed by atoms with Crippen LogP contribution in [-0.2, 0) is 16.1 Å². The Bertz CT molecular complexity index is 1290. The summed E-state index contributed by atoms with van der Waals surface area (Å²) < 4.78 is 46.0. The van der Waals surface area contributed by atoms with Crippen LogP contribution in [0.3, 0.4) is 0 Å². The van der Waals surface area contributed by atoms with Crippen molar-refractivity contribution in [2.75, 3.05) is 19.0 Å². The van der Waals surface area contributed by atoms with Crippen LogP contribution in [0.25, 0.3) is 10.8 Å². The maximum absolute atomic E-state index is 13.9. The van der Waals surface area contributed by atoms with Crippen molar-refractivity contribution in [3.05, 3.63) is 71.7 Å². The van der Waals surface area contributed by atoms with E-state index in [2.05, 4.69) is 15.6 Å². The summed E-state index contributed by atoms with van der Waals surface area (Å²) in [5.41, 5.74) is -0.0532. The zero-order chi connectivity index (χ0) is 26.9. The maximum Gasteiger partial charge on any atom is 0.412 e. The van der Waals surface area contributed by atoms with Gasteiger partial charge in [-0.15, -0.1) is 0 Å². The van der Waals surface area contributed by atoms with Gasteiger partial charge in [0.2, 0.25) is 0 Å². The molecule has 3 amide bonds. The zero-order valence-electron chi connectivity index (χ0n) is 19.8. The van der Waals surface area contributed by atoms with E-state index in [1.807, 2.05) is 0 Å². The maximum atomic E-state index is 13.9. The topological polar surface area (TPSA) is 121 Å². The molecule has 0 aliphatic rings. The summed E-state index contributed by atoms with van der Waals surface area (Å²) in [6.45, 7) is -0.573. The van der Waals surface area contributed by atoms with Gasteiger partial charge in [-0.25, -0.2) is 27.7 Å². The summed E-state index contributed by atoms with van der Waals surface area (Å²) >= 11 is 0. The number of aromatic nitrogens is 1. The van der Waals surface area contributed by atoms with Crippen molar-refractivity contribution >= 4 is 34.7 Å². The van der Waals surface area contributed by atoms with E-state index in [9.17, 15) is 27.6 Å². The van der Waals surface area contributed by atoms with Gasteiger partial charge < -0.3 is 20.1 Å². The number of fused-ring (bicyclic) bond motifs is 1. The first-order valence-electron chi connectivity index (χ1n) is 11.3. The first kappa shape index (κ1) is 27.2. The van der Waals surface area contributed by atoms with E-state index in [1.165, 1.54) is 48.5 Å². The molecule has 0 radical (unpaired) electrons. The molecule has 0 saturated heterocycles. The summed E-state index contributed by atoms with van der Waals surface area (Å²) in [5.74, 6) is -3.47. The lowest BCUT2D eigenvalue weighted by molar-refractivity contribution is -0.137. The molecular weight excluding hydrogens is 493 g/mol. The molecule has 0 aliphatic heterocycles. The van der Waals surface area contributed by atoms with Crippen molar-refractivity contribution in [2.45, 2.75) is 31.8 Å². The molecule has 0 bridgehead atoms. The Hall–Kier alpha value is -4.35. The minimum Gasteiger partial charge on any atom is -0.481 e. The van der Waals surface area contributed by atoms with Gasteiger partial charge in [-0.1, -0.05) is 12.1 Å². The van der Waals surface area contributed by atoms with Crippen LogP contribution in [-0.4, -0.2) is 52.8 Å². The van der Waals surface area contributed by atoms with Gasteiger partial charge in [0.05, 0.1) is 6.04 Å². The van der Waals surface area contributed by atoms with E-state index in [0.29, 0.717) is 10.8 Å². The predicted molar refractivity (Wildman–Crippen MR) is 128 cm³/mol. The number of rotatable bonds is 10. The Kier molecular flexibility index (Phi) is 9.25. The second kappa shape index (κ2) is 12.6. The summed E-state index contributed by atoms with van der Waals surface area (Å²) in [4.78, 5) is 41.1. The fourth-order valence-corrected chi connectivity index (χ4v) is 3.52. The van der Waals surface area contributed by atoms with Crippen LogP contribution < -0.4 is 10.6 Å². The van der Waals surface area contributed by atoms with Gasteiger partial charge in [-0.2, -0.15) is 0 Å². The second-order valence-corrected chi connectivity index (χ2v) is 8.21. The number of aliphatic carboxylic acids is 1. The molecule has 0 spiro atoms.